The van der Waals surface area contributed by atoms with Crippen molar-refractivity contribution in [1.82, 2.24) is 0 Å². The van der Waals surface area contributed by atoms with Gasteiger partial charge in [-0.3, -0.25) is 4.79 Å². The molecule has 0 bridgehead atoms. The predicted molar refractivity (Wildman–Crippen MR) is 91.9 cm³/mol. The van der Waals surface area contributed by atoms with Crippen LogP contribution in [0.1, 0.15) is 27.1 Å². The van der Waals surface area contributed by atoms with Gasteiger partial charge in [0.1, 0.15) is 11.6 Å². The van der Waals surface area contributed by atoms with Crippen LogP contribution in [-0.2, 0) is 4.79 Å². The second kappa shape index (κ2) is 6.59. The summed E-state index contributed by atoms with van der Waals surface area (Å²) in [5.41, 5.74) is 5.10. The number of hydrogen-bond acceptors (Lipinski definition) is 3. The fourth-order valence-corrected chi connectivity index (χ4v) is 3.23. The van der Waals surface area contributed by atoms with Gasteiger partial charge < -0.3 is 5.32 Å². The summed E-state index contributed by atoms with van der Waals surface area (Å²) >= 11 is 1.52. The van der Waals surface area contributed by atoms with Crippen molar-refractivity contribution >= 4 is 29.0 Å². The first-order valence-corrected chi connectivity index (χ1v) is 7.85. The largest absolute Gasteiger partial charge is 0.321 e. The zero-order valence-electron chi connectivity index (χ0n) is 13.2. The predicted octanol–water partition coefficient (Wildman–Crippen LogP) is 4.53. The van der Waals surface area contributed by atoms with E-state index in [4.69, 9.17) is 0 Å². The minimum atomic E-state index is -0.370. The third-order valence-electron chi connectivity index (χ3n) is 3.46. The summed E-state index contributed by atoms with van der Waals surface area (Å²) in [6.07, 6.45) is 1.65. The molecule has 0 aliphatic carbocycles. The number of nitrogens with zero attached hydrogens (tertiary/aromatic N) is 1. The monoisotopic (exact) mass is 310 g/mol. The first-order chi connectivity index (χ1) is 10.4. The maximum Gasteiger partial charge on any atom is 0.266 e. The molecular weight excluding hydrogens is 292 g/mol. The highest BCUT2D eigenvalue weighted by Gasteiger charge is 2.13. The van der Waals surface area contributed by atoms with E-state index in [1.165, 1.54) is 11.3 Å². The number of hydrogen-bond donors (Lipinski definition) is 1. The summed E-state index contributed by atoms with van der Waals surface area (Å²) in [5, 5.41) is 14.1. The second-order valence-electron chi connectivity index (χ2n) is 5.37. The molecule has 0 radical (unpaired) electrons. The number of amides is 1. The van der Waals surface area contributed by atoms with Gasteiger partial charge in [0.05, 0.1) is 0 Å². The van der Waals surface area contributed by atoms with Crippen LogP contribution in [-0.4, -0.2) is 5.91 Å². The van der Waals surface area contributed by atoms with Crippen molar-refractivity contribution in [2.75, 3.05) is 5.32 Å². The van der Waals surface area contributed by atoms with Crippen LogP contribution in [0.5, 0.6) is 0 Å². The number of carbonyl (C=O) groups is 1. The molecule has 0 aliphatic heterocycles. The average Bonchev–Trinajstić information content (AvgIpc) is 2.85. The summed E-state index contributed by atoms with van der Waals surface area (Å²) in [7, 11) is 0. The lowest BCUT2D eigenvalue weighted by Crippen LogP contribution is -2.15. The van der Waals surface area contributed by atoms with E-state index in [2.05, 4.69) is 5.32 Å². The van der Waals surface area contributed by atoms with E-state index >= 15 is 0 Å². The summed E-state index contributed by atoms with van der Waals surface area (Å²) in [6, 6.07) is 7.99. The van der Waals surface area contributed by atoms with Crippen LogP contribution in [0.15, 0.2) is 29.2 Å². The molecule has 2 rings (SSSR count). The van der Waals surface area contributed by atoms with Gasteiger partial charge in [0.15, 0.2) is 0 Å². The van der Waals surface area contributed by atoms with E-state index in [0.29, 0.717) is 0 Å². The molecule has 1 N–H and O–H groups in total. The van der Waals surface area contributed by atoms with Crippen LogP contribution in [0.2, 0.25) is 0 Å². The number of rotatable bonds is 3. The molecular formula is C18H18N2OS. The first-order valence-electron chi connectivity index (χ1n) is 6.97. The lowest BCUT2D eigenvalue weighted by atomic mass is 10.0. The average molecular weight is 310 g/mol. The van der Waals surface area contributed by atoms with E-state index in [0.717, 1.165) is 32.8 Å². The Balaban J connectivity index is 2.30. The van der Waals surface area contributed by atoms with Crippen molar-refractivity contribution in [3.05, 3.63) is 56.3 Å². The highest BCUT2D eigenvalue weighted by atomic mass is 32.1. The second-order valence-corrected chi connectivity index (χ2v) is 6.31. The lowest BCUT2D eigenvalue weighted by molar-refractivity contribution is -0.112. The molecule has 0 aliphatic rings. The van der Waals surface area contributed by atoms with E-state index in [9.17, 15) is 10.1 Å². The molecule has 0 atom stereocenters. The number of anilines is 1. The fraction of sp³-hybridized carbons (Fsp3) is 0.222. The van der Waals surface area contributed by atoms with Gasteiger partial charge in [0.25, 0.3) is 5.91 Å². The Morgan fingerprint density at radius 3 is 2.32 bits per heavy atom. The minimum Gasteiger partial charge on any atom is -0.321 e. The SMILES string of the molecule is Cc1cc(C)c(NC(=O)C(C#N)=Cc2sccc2C)c(C)c1. The summed E-state index contributed by atoms with van der Waals surface area (Å²) in [6.45, 7) is 7.89. The highest BCUT2D eigenvalue weighted by Crippen LogP contribution is 2.24. The first kappa shape index (κ1) is 16.0. The molecule has 4 heteroatoms. The molecule has 1 aromatic heterocycles. The molecule has 0 unspecified atom stereocenters. The molecule has 0 spiro atoms. The summed E-state index contributed by atoms with van der Waals surface area (Å²) in [5.74, 6) is -0.370. The number of thiophene rings is 1. The maximum atomic E-state index is 12.4. The Labute approximate surface area is 134 Å². The third-order valence-corrected chi connectivity index (χ3v) is 4.42. The van der Waals surface area contributed by atoms with Gasteiger partial charge in [-0.1, -0.05) is 17.7 Å². The summed E-state index contributed by atoms with van der Waals surface area (Å²) in [4.78, 5) is 13.3. The Hall–Kier alpha value is -2.38. The Morgan fingerprint density at radius 1 is 1.18 bits per heavy atom. The molecule has 3 nitrogen and oxygen atoms in total. The molecule has 1 amide bonds. The van der Waals surface area contributed by atoms with Gasteiger partial charge in [-0.15, -0.1) is 11.3 Å². The van der Waals surface area contributed by atoms with Gasteiger partial charge in [-0.05, 0) is 61.9 Å². The number of nitrogens with one attached hydrogen (secondary N) is 1. The van der Waals surface area contributed by atoms with Crippen molar-refractivity contribution in [2.24, 2.45) is 0 Å². The van der Waals surface area contributed by atoms with Gasteiger partial charge in [0, 0.05) is 10.6 Å². The van der Waals surface area contributed by atoms with Crippen molar-refractivity contribution in [3.8, 4) is 6.07 Å². The highest BCUT2D eigenvalue weighted by molar-refractivity contribution is 7.11. The van der Waals surface area contributed by atoms with Crippen molar-refractivity contribution < 1.29 is 4.79 Å². The zero-order chi connectivity index (χ0) is 16.3. The molecule has 2 aromatic rings. The van der Waals surface area contributed by atoms with Crippen LogP contribution in [0, 0.1) is 39.0 Å². The van der Waals surface area contributed by atoms with Gasteiger partial charge >= 0.3 is 0 Å². The smallest absolute Gasteiger partial charge is 0.266 e. The van der Waals surface area contributed by atoms with E-state index in [1.807, 2.05) is 57.3 Å². The lowest BCUT2D eigenvalue weighted by Gasteiger charge is -2.12. The van der Waals surface area contributed by atoms with E-state index in [1.54, 1.807) is 6.08 Å². The number of nitriles is 1. The van der Waals surface area contributed by atoms with Crippen molar-refractivity contribution in [2.45, 2.75) is 27.7 Å². The Kier molecular flexibility index (Phi) is 4.79. The molecule has 112 valence electrons. The van der Waals surface area contributed by atoms with Crippen LogP contribution in [0.4, 0.5) is 5.69 Å². The van der Waals surface area contributed by atoms with Gasteiger partial charge in [0.2, 0.25) is 0 Å². The molecule has 0 saturated heterocycles. The normalized spacial score (nSPS) is 11.1. The minimum absolute atomic E-state index is 0.116. The van der Waals surface area contributed by atoms with E-state index < -0.39 is 0 Å². The standard InChI is InChI=1S/C18H18N2OS/c1-11-7-13(3)17(14(4)8-11)20-18(21)15(10-19)9-16-12(2)5-6-22-16/h5-9H,1-4H3,(H,20,21). The number of carbonyl (C=O) groups excluding carboxylic acids is 1. The Bertz CT molecular complexity index is 771. The van der Waals surface area contributed by atoms with Crippen LogP contribution >= 0.6 is 11.3 Å². The molecule has 0 saturated carbocycles. The van der Waals surface area contributed by atoms with Crippen molar-refractivity contribution in [3.63, 3.8) is 0 Å². The van der Waals surface area contributed by atoms with Crippen molar-refractivity contribution in [1.29, 1.82) is 5.26 Å². The van der Waals surface area contributed by atoms with Crippen LogP contribution in [0.25, 0.3) is 6.08 Å². The quantitative estimate of drug-likeness (QED) is 0.669. The maximum absolute atomic E-state index is 12.4. The molecule has 1 heterocycles. The van der Waals surface area contributed by atoms with Crippen LogP contribution < -0.4 is 5.32 Å². The van der Waals surface area contributed by atoms with Crippen LogP contribution in [0.3, 0.4) is 0 Å². The molecule has 22 heavy (non-hydrogen) atoms. The third kappa shape index (κ3) is 3.44. The number of benzene rings is 1. The number of aryl methyl sites for hydroxylation is 4. The van der Waals surface area contributed by atoms with Gasteiger partial charge in [-0.2, -0.15) is 5.26 Å². The fourth-order valence-electron chi connectivity index (χ4n) is 2.37. The zero-order valence-corrected chi connectivity index (χ0v) is 14.0. The molecule has 1 aromatic carbocycles. The Morgan fingerprint density at radius 2 is 1.82 bits per heavy atom. The topological polar surface area (TPSA) is 52.9 Å². The summed E-state index contributed by atoms with van der Waals surface area (Å²) < 4.78 is 0. The van der Waals surface area contributed by atoms with E-state index in [-0.39, 0.29) is 11.5 Å². The molecule has 0 fully saturated rings. The van der Waals surface area contributed by atoms with Gasteiger partial charge in [-0.25, -0.2) is 0 Å².